The Kier molecular flexibility index (Phi) is 2.89. The fraction of sp³-hybridized carbons (Fsp3) is 0.412. The van der Waals surface area contributed by atoms with Crippen LogP contribution < -0.4 is 11.1 Å². The van der Waals surface area contributed by atoms with Crippen molar-refractivity contribution in [3.8, 4) is 0 Å². The highest BCUT2D eigenvalue weighted by Crippen LogP contribution is 2.61. The first-order valence-electron chi connectivity index (χ1n) is 7.61. The van der Waals surface area contributed by atoms with Crippen molar-refractivity contribution in [3.05, 3.63) is 35.9 Å². The third-order valence-corrected chi connectivity index (χ3v) is 5.16. The Labute approximate surface area is 129 Å². The lowest BCUT2D eigenvalue weighted by atomic mass is 10.0. The van der Waals surface area contributed by atoms with Crippen LogP contribution in [0.1, 0.15) is 31.2 Å². The molecule has 21 heavy (non-hydrogen) atoms. The first-order chi connectivity index (χ1) is 10.2. The maximum Gasteiger partial charge on any atom is 0.127 e. The van der Waals surface area contributed by atoms with Crippen molar-refractivity contribution in [3.63, 3.8) is 0 Å². The van der Waals surface area contributed by atoms with Crippen molar-refractivity contribution in [2.45, 2.75) is 25.7 Å². The van der Waals surface area contributed by atoms with Crippen LogP contribution in [0.15, 0.2) is 30.3 Å². The van der Waals surface area contributed by atoms with Gasteiger partial charge in [0.2, 0.25) is 0 Å². The maximum atomic E-state index is 5.88. The summed E-state index contributed by atoms with van der Waals surface area (Å²) >= 11 is 5.19. The van der Waals surface area contributed by atoms with Gasteiger partial charge in [-0.15, -0.1) is 0 Å². The second-order valence-corrected chi connectivity index (χ2v) is 6.87. The van der Waals surface area contributed by atoms with E-state index in [0.717, 1.165) is 34.7 Å². The number of pyridine rings is 1. The number of hydrogen-bond acceptors (Lipinski definition) is 3. The van der Waals surface area contributed by atoms with E-state index in [9.17, 15) is 0 Å². The van der Waals surface area contributed by atoms with Crippen LogP contribution in [0.4, 0.5) is 5.82 Å². The van der Waals surface area contributed by atoms with E-state index in [1.54, 1.807) is 0 Å². The number of hydrogen-bond donors (Lipinski definition) is 2. The lowest BCUT2D eigenvalue weighted by Gasteiger charge is -2.16. The molecule has 1 aromatic carbocycles. The molecule has 108 valence electrons. The van der Waals surface area contributed by atoms with E-state index in [4.69, 9.17) is 22.9 Å². The Morgan fingerprint density at radius 3 is 2.76 bits per heavy atom. The predicted molar refractivity (Wildman–Crippen MR) is 90.5 cm³/mol. The zero-order valence-electron chi connectivity index (χ0n) is 11.9. The molecular formula is C17H19N3S. The van der Waals surface area contributed by atoms with Crippen LogP contribution in [0.2, 0.25) is 0 Å². The number of nitrogens with one attached hydrogen (secondary N) is 1. The number of nitrogens with two attached hydrogens (primary N) is 1. The van der Waals surface area contributed by atoms with Gasteiger partial charge in [-0.25, -0.2) is 4.98 Å². The Morgan fingerprint density at radius 1 is 1.33 bits per heavy atom. The molecule has 2 saturated carbocycles. The Morgan fingerprint density at radius 2 is 2.10 bits per heavy atom. The van der Waals surface area contributed by atoms with E-state index < -0.39 is 0 Å². The fourth-order valence-electron chi connectivity index (χ4n) is 3.32. The molecule has 0 amide bonds. The molecule has 1 heterocycles. The van der Waals surface area contributed by atoms with Crippen LogP contribution in [0.3, 0.4) is 0 Å². The van der Waals surface area contributed by atoms with Crippen LogP contribution >= 0.6 is 12.2 Å². The zero-order valence-corrected chi connectivity index (χ0v) is 12.7. The van der Waals surface area contributed by atoms with E-state index in [-0.39, 0.29) is 0 Å². The summed E-state index contributed by atoms with van der Waals surface area (Å²) in [7, 11) is 0. The molecule has 1 aromatic heterocycles. The van der Waals surface area contributed by atoms with Crippen LogP contribution in [0, 0.1) is 11.3 Å². The van der Waals surface area contributed by atoms with Gasteiger partial charge < -0.3 is 11.1 Å². The average molecular weight is 297 g/mol. The Hall–Kier alpha value is -1.68. The standard InChI is InChI=1S/C17H19N3S/c18-16(21)13-9-15(20-14-4-2-1-3-12(13)14)19-10-17(7-8-17)11-5-6-11/h1-4,9,11H,5-8,10H2,(H2,18,21)(H,19,20). The molecule has 2 aromatic rings. The highest BCUT2D eigenvalue weighted by atomic mass is 32.1. The molecule has 0 bridgehead atoms. The van der Waals surface area contributed by atoms with Gasteiger partial charge in [0.15, 0.2) is 0 Å². The minimum absolute atomic E-state index is 0.431. The van der Waals surface area contributed by atoms with Gasteiger partial charge in [0.05, 0.1) is 5.52 Å². The fourth-order valence-corrected chi connectivity index (χ4v) is 3.49. The molecule has 3 N–H and O–H groups in total. The number of thiocarbonyl (C=S) groups is 1. The summed E-state index contributed by atoms with van der Waals surface area (Å²) < 4.78 is 0. The van der Waals surface area contributed by atoms with Gasteiger partial charge in [-0.05, 0) is 49.1 Å². The topological polar surface area (TPSA) is 50.9 Å². The van der Waals surface area contributed by atoms with Gasteiger partial charge in [-0.2, -0.15) is 0 Å². The summed E-state index contributed by atoms with van der Waals surface area (Å²) in [6, 6.07) is 10.0. The lowest BCUT2D eigenvalue weighted by Crippen LogP contribution is -2.19. The molecular weight excluding hydrogens is 278 g/mol. The van der Waals surface area contributed by atoms with E-state index in [2.05, 4.69) is 5.32 Å². The van der Waals surface area contributed by atoms with Gasteiger partial charge in [0, 0.05) is 17.5 Å². The smallest absolute Gasteiger partial charge is 0.127 e. The zero-order chi connectivity index (χ0) is 14.4. The third kappa shape index (κ3) is 2.38. The summed E-state index contributed by atoms with van der Waals surface area (Å²) in [6.07, 6.45) is 5.54. The van der Waals surface area contributed by atoms with E-state index >= 15 is 0 Å². The number of anilines is 1. The van der Waals surface area contributed by atoms with E-state index in [0.29, 0.717) is 10.4 Å². The van der Waals surface area contributed by atoms with Gasteiger partial charge in [0.1, 0.15) is 10.8 Å². The van der Waals surface area contributed by atoms with Crippen LogP contribution in [0.25, 0.3) is 10.9 Å². The third-order valence-electron chi connectivity index (χ3n) is 4.94. The highest BCUT2D eigenvalue weighted by molar-refractivity contribution is 7.80. The predicted octanol–water partition coefficient (Wildman–Crippen LogP) is 3.47. The number of para-hydroxylation sites is 1. The van der Waals surface area contributed by atoms with Crippen LogP contribution in [0.5, 0.6) is 0 Å². The second-order valence-electron chi connectivity index (χ2n) is 6.43. The molecule has 2 aliphatic rings. The minimum atomic E-state index is 0.431. The normalized spacial score (nSPS) is 19.4. The molecule has 0 radical (unpaired) electrons. The van der Waals surface area contributed by atoms with Gasteiger partial charge >= 0.3 is 0 Å². The molecule has 2 fully saturated rings. The summed E-state index contributed by atoms with van der Waals surface area (Å²) in [5.41, 5.74) is 8.29. The lowest BCUT2D eigenvalue weighted by molar-refractivity contribution is 0.466. The van der Waals surface area contributed by atoms with E-state index in [1.165, 1.54) is 25.7 Å². The highest BCUT2D eigenvalue weighted by Gasteiger charge is 2.53. The molecule has 2 aliphatic carbocycles. The quantitative estimate of drug-likeness (QED) is 0.830. The Balaban J connectivity index is 1.64. The Bertz CT molecular complexity index is 717. The monoisotopic (exact) mass is 297 g/mol. The summed E-state index contributed by atoms with van der Waals surface area (Å²) in [4.78, 5) is 5.13. The van der Waals surface area contributed by atoms with Crippen molar-refractivity contribution in [2.75, 3.05) is 11.9 Å². The minimum Gasteiger partial charge on any atom is -0.389 e. The second kappa shape index (κ2) is 4.67. The van der Waals surface area contributed by atoms with Crippen molar-refractivity contribution >= 4 is 33.9 Å². The maximum absolute atomic E-state index is 5.88. The van der Waals surface area contributed by atoms with Gasteiger partial charge in [0.25, 0.3) is 0 Å². The van der Waals surface area contributed by atoms with Gasteiger partial charge in [-0.1, -0.05) is 30.4 Å². The SMILES string of the molecule is NC(=S)c1cc(NCC2(C3CC3)CC2)nc2ccccc12. The average Bonchev–Trinajstić information content (AvgIpc) is 3.37. The van der Waals surface area contributed by atoms with Crippen LogP contribution in [-0.2, 0) is 0 Å². The summed E-state index contributed by atoms with van der Waals surface area (Å²) in [5, 5.41) is 4.56. The van der Waals surface area contributed by atoms with Crippen molar-refractivity contribution in [1.82, 2.24) is 4.98 Å². The van der Waals surface area contributed by atoms with E-state index in [1.807, 2.05) is 30.3 Å². The molecule has 0 spiro atoms. The van der Waals surface area contributed by atoms with Crippen molar-refractivity contribution in [1.29, 1.82) is 0 Å². The number of rotatable bonds is 5. The summed E-state index contributed by atoms with van der Waals surface area (Å²) in [5.74, 6) is 1.84. The number of fused-ring (bicyclic) bond motifs is 1. The molecule has 4 rings (SSSR count). The molecule has 0 atom stereocenters. The molecule has 0 saturated heterocycles. The van der Waals surface area contributed by atoms with Crippen LogP contribution in [-0.4, -0.2) is 16.5 Å². The number of benzene rings is 1. The number of nitrogens with zero attached hydrogens (tertiary/aromatic N) is 1. The first-order valence-corrected chi connectivity index (χ1v) is 8.02. The van der Waals surface area contributed by atoms with Crippen molar-refractivity contribution in [2.24, 2.45) is 17.1 Å². The molecule has 0 unspecified atom stereocenters. The van der Waals surface area contributed by atoms with Crippen molar-refractivity contribution < 1.29 is 0 Å². The largest absolute Gasteiger partial charge is 0.389 e. The molecule has 3 nitrogen and oxygen atoms in total. The first kappa shape index (κ1) is 13.0. The number of aromatic nitrogens is 1. The molecule has 0 aliphatic heterocycles. The molecule has 4 heteroatoms. The summed E-state index contributed by atoms with van der Waals surface area (Å²) in [6.45, 7) is 1.03. The van der Waals surface area contributed by atoms with Gasteiger partial charge in [-0.3, -0.25) is 0 Å².